The Morgan fingerprint density at radius 1 is 0.398 bits per heavy atom. The van der Waals surface area contributed by atoms with E-state index in [1.807, 2.05) is 6.08 Å². The summed E-state index contributed by atoms with van der Waals surface area (Å²) in [6.45, 7) is 0.337. The van der Waals surface area contributed by atoms with Gasteiger partial charge in [0.25, 0.3) is 0 Å². The van der Waals surface area contributed by atoms with E-state index in [-0.39, 0.29) is 12.3 Å². The van der Waals surface area contributed by atoms with Crippen LogP contribution in [0.25, 0.3) is 0 Å². The van der Waals surface area contributed by atoms with E-state index in [1.54, 1.807) is 6.08 Å². The predicted molar refractivity (Wildman–Crippen MR) is 350 cm³/mol. The molecule has 5 aliphatic heterocycles. The first-order valence-electron chi connectivity index (χ1n) is 36.5. The lowest BCUT2D eigenvalue weighted by molar-refractivity contribution is -0.389. The molecule has 5 aliphatic rings. The van der Waals surface area contributed by atoms with Crippen molar-refractivity contribution in [3.05, 3.63) is 12.2 Å². The molecule has 10 unspecified atom stereocenters. The molecule has 574 valence electrons. The molecule has 0 aromatic heterocycles. The van der Waals surface area contributed by atoms with E-state index in [9.17, 15) is 91.3 Å². The molecule has 0 bridgehead atoms. The van der Waals surface area contributed by atoms with Gasteiger partial charge in [-0.25, -0.2) is 0 Å². The third-order valence-corrected chi connectivity index (χ3v) is 19.2. The van der Waals surface area contributed by atoms with Crippen molar-refractivity contribution in [3.8, 4) is 0 Å². The summed E-state index contributed by atoms with van der Waals surface area (Å²) < 4.78 is 58.3. The fourth-order valence-electron chi connectivity index (χ4n) is 13.2. The Morgan fingerprint density at radius 2 is 0.755 bits per heavy atom. The second-order valence-electron chi connectivity index (χ2n) is 27.1. The summed E-state index contributed by atoms with van der Waals surface area (Å²) in [4.78, 5) is 26.1. The van der Waals surface area contributed by atoms with Crippen LogP contribution in [0.2, 0.25) is 0 Å². The zero-order valence-electron chi connectivity index (χ0n) is 57.8. The Labute approximate surface area is 577 Å². The highest BCUT2D eigenvalue weighted by Gasteiger charge is 2.57. The molecule has 2 amide bonds. The Morgan fingerprint density at radius 3 is 1.21 bits per heavy atom. The number of rotatable bonds is 48. The number of aliphatic hydroxyl groups is 16. The minimum Gasteiger partial charge on any atom is -0.394 e. The first-order valence-corrected chi connectivity index (χ1v) is 36.5. The van der Waals surface area contributed by atoms with Gasteiger partial charge in [0, 0.05) is 13.3 Å². The lowest BCUT2D eigenvalue weighted by Crippen LogP contribution is -2.70. The Hall–Kier alpha value is -2.36. The standard InChI is InChI=1S/C68H124N2O28/c1-4-6-8-10-12-14-16-18-19-21-23-25-27-29-31-33-48(78)70-41(42(77)32-30-28-26-24-22-20-17-15-13-11-9-7-5-2)39-89-65-57(86)54(83)60(46(37-74)93-65)95-67-58(87)55(84)61(47(38-75)94-67)96-68-59(88)63(52(81)45(36-73)92-68)98-64-49(69-40(3)76)62(51(80)44(35-72)90-64)97-66-56(85)53(82)50(79)43(34-71)91-66/h30,32,41-47,49-68,71-75,77,79-88H,4-29,31,33-39H2,1-3H3,(H,69,76)(H,70,78)/b32-30+/t41-,42+,43?,44?,45?,46?,47?,49?,50-,51-,52-,53-,54+,55+,56?,57?,58?,59?,60+,61-,62+,63-,64-,65+,66-,67-,68-/m0/s1. The fraction of sp³-hybridized carbons (Fsp3) is 0.941. The third kappa shape index (κ3) is 27.0. The van der Waals surface area contributed by atoms with E-state index in [0.29, 0.717) is 12.8 Å². The van der Waals surface area contributed by atoms with Crippen molar-refractivity contribution in [2.24, 2.45) is 0 Å². The van der Waals surface area contributed by atoms with Crippen LogP contribution in [-0.4, -0.2) is 299 Å². The van der Waals surface area contributed by atoms with E-state index in [1.165, 1.54) is 116 Å². The summed E-state index contributed by atoms with van der Waals surface area (Å²) in [5.41, 5.74) is 0. The average molecular weight is 1420 g/mol. The molecule has 0 aromatic carbocycles. The van der Waals surface area contributed by atoms with Crippen LogP contribution >= 0.6 is 0 Å². The minimum absolute atomic E-state index is 0.198. The van der Waals surface area contributed by atoms with Gasteiger partial charge in [-0.3, -0.25) is 9.59 Å². The molecule has 30 nitrogen and oxygen atoms in total. The lowest BCUT2D eigenvalue weighted by atomic mass is 9.94. The number of ether oxygens (including phenoxy) is 10. The van der Waals surface area contributed by atoms with Gasteiger partial charge in [-0.1, -0.05) is 180 Å². The number of allylic oxidation sites excluding steroid dienone is 1. The normalized spacial score (nSPS) is 36.1. The van der Waals surface area contributed by atoms with E-state index < -0.39 is 211 Å². The summed E-state index contributed by atoms with van der Waals surface area (Å²) in [6.07, 6.45) is -11.4. The number of unbranched alkanes of at least 4 members (excludes halogenated alkanes) is 25. The second-order valence-corrected chi connectivity index (χ2v) is 27.1. The van der Waals surface area contributed by atoms with Gasteiger partial charge < -0.3 is 140 Å². The molecule has 5 fully saturated rings. The quantitative estimate of drug-likeness (QED) is 0.0272. The highest BCUT2D eigenvalue weighted by Crippen LogP contribution is 2.37. The topological polar surface area (TPSA) is 474 Å². The molecule has 0 aliphatic carbocycles. The molecule has 0 spiro atoms. The van der Waals surface area contributed by atoms with Crippen LogP contribution in [0.1, 0.15) is 201 Å². The number of carbonyl (C=O) groups is 2. The first kappa shape index (κ1) is 86.3. The summed E-state index contributed by atoms with van der Waals surface area (Å²) >= 11 is 0. The van der Waals surface area contributed by atoms with Crippen molar-refractivity contribution < 1.29 is 139 Å². The number of hydrogen-bond acceptors (Lipinski definition) is 28. The van der Waals surface area contributed by atoms with Crippen molar-refractivity contribution in [1.29, 1.82) is 0 Å². The van der Waals surface area contributed by atoms with Crippen molar-refractivity contribution in [3.63, 3.8) is 0 Å². The minimum atomic E-state index is -2.19. The number of aliphatic hydroxyl groups excluding tert-OH is 16. The zero-order valence-corrected chi connectivity index (χ0v) is 57.8. The molecule has 30 heteroatoms. The van der Waals surface area contributed by atoms with Gasteiger partial charge in [-0.2, -0.15) is 0 Å². The zero-order chi connectivity index (χ0) is 71.7. The van der Waals surface area contributed by atoms with Crippen LogP contribution in [0.15, 0.2) is 12.2 Å². The van der Waals surface area contributed by atoms with E-state index >= 15 is 0 Å². The van der Waals surface area contributed by atoms with E-state index in [2.05, 4.69) is 24.5 Å². The van der Waals surface area contributed by atoms with Gasteiger partial charge in [-0.15, -0.1) is 0 Å². The van der Waals surface area contributed by atoms with Gasteiger partial charge in [0.15, 0.2) is 31.5 Å². The maximum atomic E-state index is 13.4. The Kier molecular flexibility index (Phi) is 41.5. The van der Waals surface area contributed by atoms with Crippen LogP contribution < -0.4 is 10.6 Å². The summed E-state index contributed by atoms with van der Waals surface area (Å²) in [6, 6.07) is -2.74. The maximum Gasteiger partial charge on any atom is 0.220 e. The summed E-state index contributed by atoms with van der Waals surface area (Å²) in [7, 11) is 0. The fourth-order valence-corrected chi connectivity index (χ4v) is 13.2. The monoisotopic (exact) mass is 1420 g/mol. The van der Waals surface area contributed by atoms with Crippen molar-refractivity contribution in [1.82, 2.24) is 10.6 Å². The summed E-state index contributed by atoms with van der Waals surface area (Å²) in [5, 5.41) is 181. The van der Waals surface area contributed by atoms with Gasteiger partial charge in [0.05, 0.1) is 51.8 Å². The second kappa shape index (κ2) is 47.2. The van der Waals surface area contributed by atoms with Crippen LogP contribution in [0.4, 0.5) is 0 Å². The molecular formula is C68H124N2O28. The van der Waals surface area contributed by atoms with Gasteiger partial charge in [0.1, 0.15) is 122 Å². The average Bonchev–Trinajstić information content (AvgIpc) is 0.776. The maximum absolute atomic E-state index is 13.4. The molecule has 0 aromatic rings. The van der Waals surface area contributed by atoms with E-state index in [0.717, 1.165) is 51.9 Å². The molecule has 98 heavy (non-hydrogen) atoms. The molecule has 5 heterocycles. The summed E-state index contributed by atoms with van der Waals surface area (Å²) in [5.74, 6) is -1.13. The van der Waals surface area contributed by atoms with Gasteiger partial charge in [0.2, 0.25) is 11.8 Å². The highest BCUT2D eigenvalue weighted by molar-refractivity contribution is 5.76. The largest absolute Gasteiger partial charge is 0.394 e. The van der Waals surface area contributed by atoms with Crippen LogP contribution in [0, 0.1) is 0 Å². The lowest BCUT2D eigenvalue weighted by Gasteiger charge is -2.50. The van der Waals surface area contributed by atoms with Crippen LogP contribution in [-0.2, 0) is 57.0 Å². The Balaban J connectivity index is 1.19. The molecule has 5 rings (SSSR count). The van der Waals surface area contributed by atoms with Crippen LogP contribution in [0.5, 0.6) is 0 Å². The third-order valence-electron chi connectivity index (χ3n) is 19.2. The number of hydrogen-bond donors (Lipinski definition) is 18. The van der Waals surface area contributed by atoms with E-state index in [4.69, 9.17) is 47.4 Å². The van der Waals surface area contributed by atoms with Gasteiger partial charge in [-0.05, 0) is 19.3 Å². The molecular weight excluding hydrogens is 1290 g/mol. The first-order chi connectivity index (χ1) is 47.2. The molecule has 0 saturated carbocycles. The molecule has 5 saturated heterocycles. The Bertz CT molecular complexity index is 2140. The highest BCUT2D eigenvalue weighted by atomic mass is 16.8. The SMILES string of the molecule is CCCCCCCCCCCCC/C=C/[C@@H](O)[C@H](CO[C@@H]1OC(CO)[C@@H](O[C@@H]2OC(CO)[C@H](O[C@@H]3OC(CO)[C@H](O)[C@H](O[C@@H]4OC(CO)[C@H](O)[C@H](O[C@@H]5OC(CO)[C@H](O)[C@H](O)C5O)C4NC(C)=O)C3O)[C@H](O)C2O)[C@H](O)C1O)NC(=O)CCCCCCCCCCCCCCCCC. The van der Waals surface area contributed by atoms with Crippen molar-refractivity contribution >= 4 is 11.8 Å². The van der Waals surface area contributed by atoms with Gasteiger partial charge >= 0.3 is 0 Å². The molecule has 27 atom stereocenters. The number of carbonyl (C=O) groups excluding carboxylic acids is 2. The smallest absolute Gasteiger partial charge is 0.220 e. The van der Waals surface area contributed by atoms with Crippen LogP contribution in [0.3, 0.4) is 0 Å². The van der Waals surface area contributed by atoms with Crippen molar-refractivity contribution in [2.45, 2.75) is 366 Å². The molecule has 18 N–H and O–H groups in total. The number of nitrogens with one attached hydrogen (secondary N) is 2. The molecule has 0 radical (unpaired) electrons. The number of amides is 2. The predicted octanol–water partition coefficient (Wildman–Crippen LogP) is -0.392. The van der Waals surface area contributed by atoms with Crippen molar-refractivity contribution in [2.75, 3.05) is 39.6 Å².